The summed E-state index contributed by atoms with van der Waals surface area (Å²) in [5, 5.41) is 7.38. The van der Waals surface area contributed by atoms with E-state index >= 15 is 0 Å². The number of rotatable bonds is 4. The number of urea groups is 1. The van der Waals surface area contributed by atoms with Crippen LogP contribution in [0.1, 0.15) is 33.6 Å². The Kier molecular flexibility index (Phi) is 6.19. The van der Waals surface area contributed by atoms with Crippen molar-refractivity contribution in [2.24, 2.45) is 5.92 Å². The number of likely N-dealkylation sites (tertiary alicyclic amines) is 1. The van der Waals surface area contributed by atoms with Gasteiger partial charge in [0.1, 0.15) is 5.65 Å². The molecule has 170 valence electrons. The molecule has 1 aliphatic rings. The summed E-state index contributed by atoms with van der Waals surface area (Å²) in [7, 11) is 0. The molecule has 1 fully saturated rings. The van der Waals surface area contributed by atoms with Crippen molar-refractivity contribution < 1.29 is 9.18 Å². The van der Waals surface area contributed by atoms with Gasteiger partial charge in [-0.3, -0.25) is 0 Å². The molecule has 4 heterocycles. The highest BCUT2D eigenvalue weighted by atomic mass is 35.5. The summed E-state index contributed by atoms with van der Waals surface area (Å²) in [5.41, 5.74) is 1.06. The number of anilines is 1. The van der Waals surface area contributed by atoms with E-state index in [1.807, 2.05) is 25.7 Å². The van der Waals surface area contributed by atoms with Gasteiger partial charge in [0, 0.05) is 48.5 Å². The summed E-state index contributed by atoms with van der Waals surface area (Å²) in [4.78, 5) is 30.2. The molecule has 0 aliphatic carbocycles. The average Bonchev–Trinajstić information content (AvgIpc) is 3.15. The number of piperidine rings is 1. The number of nitrogens with one attached hydrogen (secondary N) is 3. The van der Waals surface area contributed by atoms with Crippen molar-refractivity contribution in [1.82, 2.24) is 30.2 Å². The van der Waals surface area contributed by atoms with Crippen LogP contribution in [0.25, 0.3) is 22.4 Å². The zero-order chi connectivity index (χ0) is 22.9. The Morgan fingerprint density at radius 2 is 2.16 bits per heavy atom. The van der Waals surface area contributed by atoms with Gasteiger partial charge in [-0.15, -0.1) is 0 Å². The molecule has 1 aliphatic heterocycles. The molecular formula is C22H27ClFN7O. The van der Waals surface area contributed by atoms with Crippen LogP contribution in [0.5, 0.6) is 0 Å². The third-order valence-corrected chi connectivity index (χ3v) is 5.54. The maximum absolute atomic E-state index is 14.4. The lowest BCUT2D eigenvalue weighted by Gasteiger charge is -2.35. The molecular weight excluding hydrogens is 433 g/mol. The molecule has 3 aromatic heterocycles. The number of hydrogen-bond donors (Lipinski definition) is 3. The van der Waals surface area contributed by atoms with Gasteiger partial charge in [-0.2, -0.15) is 0 Å². The smallest absolute Gasteiger partial charge is 0.317 e. The fourth-order valence-electron chi connectivity index (χ4n) is 3.84. The highest BCUT2D eigenvalue weighted by molar-refractivity contribution is 6.31. The SMILES string of the molecule is CC(C)(C)NC(=O)N1CCCC(CNc2nc(-c3c[nH]c4ncc(Cl)cc34)ncc2F)C1. The van der Waals surface area contributed by atoms with E-state index in [2.05, 4.69) is 30.6 Å². The number of aromatic nitrogens is 4. The molecule has 1 unspecified atom stereocenters. The van der Waals surface area contributed by atoms with E-state index in [-0.39, 0.29) is 23.3 Å². The third kappa shape index (κ3) is 5.09. The Morgan fingerprint density at radius 3 is 2.94 bits per heavy atom. The molecule has 1 saturated heterocycles. The molecule has 2 amide bonds. The van der Waals surface area contributed by atoms with Crippen LogP contribution in [0.3, 0.4) is 0 Å². The Bertz CT molecular complexity index is 1130. The van der Waals surface area contributed by atoms with Crippen molar-refractivity contribution in [1.29, 1.82) is 0 Å². The lowest BCUT2D eigenvalue weighted by atomic mass is 9.98. The third-order valence-electron chi connectivity index (χ3n) is 5.33. The first-order valence-electron chi connectivity index (χ1n) is 10.7. The molecule has 3 N–H and O–H groups in total. The van der Waals surface area contributed by atoms with Crippen LogP contribution in [0.15, 0.2) is 24.7 Å². The Labute approximate surface area is 191 Å². The monoisotopic (exact) mass is 459 g/mol. The Balaban J connectivity index is 1.46. The lowest BCUT2D eigenvalue weighted by Crippen LogP contribution is -2.51. The van der Waals surface area contributed by atoms with E-state index in [0.717, 1.165) is 31.0 Å². The fourth-order valence-corrected chi connectivity index (χ4v) is 4.00. The van der Waals surface area contributed by atoms with Crippen molar-refractivity contribution in [2.45, 2.75) is 39.2 Å². The topological polar surface area (TPSA) is 98.8 Å². The Hall–Kier alpha value is -2.94. The van der Waals surface area contributed by atoms with Crippen LogP contribution in [-0.4, -0.2) is 56.0 Å². The second-order valence-corrected chi connectivity index (χ2v) is 9.59. The minimum absolute atomic E-state index is 0.0655. The van der Waals surface area contributed by atoms with E-state index < -0.39 is 5.82 Å². The van der Waals surface area contributed by atoms with Gasteiger partial charge in [0.15, 0.2) is 17.5 Å². The molecule has 0 radical (unpaired) electrons. The first kappa shape index (κ1) is 22.3. The minimum atomic E-state index is -0.525. The summed E-state index contributed by atoms with van der Waals surface area (Å²) in [5.74, 6) is 0.181. The number of carbonyl (C=O) groups is 1. The predicted molar refractivity (Wildman–Crippen MR) is 123 cm³/mol. The summed E-state index contributed by atoms with van der Waals surface area (Å²) in [6.07, 6.45) is 6.31. The number of carbonyl (C=O) groups excluding carboxylic acids is 1. The zero-order valence-corrected chi connectivity index (χ0v) is 19.1. The van der Waals surface area contributed by atoms with Gasteiger partial charge >= 0.3 is 6.03 Å². The molecule has 0 aromatic carbocycles. The molecule has 1 atom stereocenters. The van der Waals surface area contributed by atoms with Crippen molar-refractivity contribution in [3.8, 4) is 11.4 Å². The van der Waals surface area contributed by atoms with Gasteiger partial charge in [-0.25, -0.2) is 24.1 Å². The van der Waals surface area contributed by atoms with Crippen molar-refractivity contribution >= 4 is 34.5 Å². The molecule has 4 rings (SSSR count). The number of aromatic amines is 1. The van der Waals surface area contributed by atoms with Gasteiger partial charge in [0.25, 0.3) is 0 Å². The summed E-state index contributed by atoms with van der Waals surface area (Å²) in [6, 6.07) is 1.71. The normalized spacial score (nSPS) is 16.9. The Morgan fingerprint density at radius 1 is 1.34 bits per heavy atom. The summed E-state index contributed by atoms with van der Waals surface area (Å²) in [6.45, 7) is 7.72. The molecule has 8 nitrogen and oxygen atoms in total. The summed E-state index contributed by atoms with van der Waals surface area (Å²) < 4.78 is 14.4. The largest absolute Gasteiger partial charge is 0.367 e. The van der Waals surface area contributed by atoms with Gasteiger partial charge in [-0.05, 0) is 45.6 Å². The molecule has 0 saturated carbocycles. The molecule has 32 heavy (non-hydrogen) atoms. The van der Waals surface area contributed by atoms with Crippen LogP contribution >= 0.6 is 11.6 Å². The zero-order valence-electron chi connectivity index (χ0n) is 18.4. The number of pyridine rings is 1. The van der Waals surface area contributed by atoms with Gasteiger partial charge in [0.2, 0.25) is 0 Å². The first-order valence-corrected chi connectivity index (χ1v) is 11.0. The minimum Gasteiger partial charge on any atom is -0.367 e. The van der Waals surface area contributed by atoms with Crippen LogP contribution < -0.4 is 10.6 Å². The second-order valence-electron chi connectivity index (χ2n) is 9.16. The quantitative estimate of drug-likeness (QED) is 0.535. The van der Waals surface area contributed by atoms with Gasteiger partial charge in [-0.1, -0.05) is 11.6 Å². The number of amides is 2. The van der Waals surface area contributed by atoms with E-state index in [4.69, 9.17) is 11.6 Å². The van der Waals surface area contributed by atoms with E-state index in [1.54, 1.807) is 18.5 Å². The number of hydrogen-bond acceptors (Lipinski definition) is 5. The first-order chi connectivity index (χ1) is 15.2. The van der Waals surface area contributed by atoms with Crippen LogP contribution in [0.2, 0.25) is 5.02 Å². The van der Waals surface area contributed by atoms with Crippen molar-refractivity contribution in [2.75, 3.05) is 25.0 Å². The van der Waals surface area contributed by atoms with E-state index in [9.17, 15) is 9.18 Å². The second kappa shape index (κ2) is 8.90. The van der Waals surface area contributed by atoms with E-state index in [0.29, 0.717) is 35.1 Å². The number of H-pyrrole nitrogens is 1. The average molecular weight is 460 g/mol. The fraction of sp³-hybridized carbons (Fsp3) is 0.455. The van der Waals surface area contributed by atoms with Crippen molar-refractivity contribution in [3.63, 3.8) is 0 Å². The number of nitrogens with zero attached hydrogens (tertiary/aromatic N) is 4. The van der Waals surface area contributed by atoms with Crippen LogP contribution in [0, 0.1) is 11.7 Å². The van der Waals surface area contributed by atoms with Crippen molar-refractivity contribution in [3.05, 3.63) is 35.5 Å². The number of halogens is 2. The molecule has 0 spiro atoms. The van der Waals surface area contributed by atoms with E-state index in [1.165, 1.54) is 0 Å². The molecule has 0 bridgehead atoms. The lowest BCUT2D eigenvalue weighted by molar-refractivity contribution is 0.161. The predicted octanol–water partition coefficient (Wildman–Crippen LogP) is 4.44. The highest BCUT2D eigenvalue weighted by Crippen LogP contribution is 2.28. The maximum atomic E-state index is 14.4. The maximum Gasteiger partial charge on any atom is 0.317 e. The highest BCUT2D eigenvalue weighted by Gasteiger charge is 2.26. The molecule has 10 heteroatoms. The van der Waals surface area contributed by atoms with Crippen LogP contribution in [0.4, 0.5) is 15.0 Å². The number of fused-ring (bicyclic) bond motifs is 1. The van der Waals surface area contributed by atoms with Crippen LogP contribution in [-0.2, 0) is 0 Å². The molecule has 3 aromatic rings. The van der Waals surface area contributed by atoms with Gasteiger partial charge in [0.05, 0.1) is 11.2 Å². The summed E-state index contributed by atoms with van der Waals surface area (Å²) >= 11 is 6.07. The van der Waals surface area contributed by atoms with Gasteiger partial charge < -0.3 is 20.5 Å². The standard InChI is InChI=1S/C22H27ClFN7O/c1-22(2,3)30-21(32)31-6-4-5-13(12-31)8-25-20-17(24)11-28-19(29-20)16-10-27-18-15(16)7-14(23)9-26-18/h7,9-11,13H,4-6,8,12H2,1-3H3,(H,26,27)(H,30,32)(H,25,28,29).